The van der Waals surface area contributed by atoms with E-state index in [1.54, 1.807) is 0 Å². The molecule has 1 aliphatic rings. The van der Waals surface area contributed by atoms with E-state index in [1.165, 1.54) is 0 Å². The summed E-state index contributed by atoms with van der Waals surface area (Å²) in [6.07, 6.45) is 2.07. The van der Waals surface area contributed by atoms with Crippen LogP contribution in [0.4, 0.5) is 4.79 Å². The third-order valence-electron chi connectivity index (χ3n) is 4.24. The number of rotatable bonds is 4. The van der Waals surface area contributed by atoms with E-state index in [0.717, 1.165) is 31.5 Å². The maximum atomic E-state index is 13.0. The van der Waals surface area contributed by atoms with Gasteiger partial charge < -0.3 is 15.0 Å². The van der Waals surface area contributed by atoms with Gasteiger partial charge in [-0.3, -0.25) is 4.79 Å². The first kappa shape index (κ1) is 19.3. The van der Waals surface area contributed by atoms with Gasteiger partial charge in [0.15, 0.2) is 0 Å². The number of alkyl carbamates (subject to hydrolysis) is 1. The van der Waals surface area contributed by atoms with Crippen molar-refractivity contribution in [3.8, 4) is 0 Å². The molecule has 0 bridgehead atoms. The van der Waals surface area contributed by atoms with E-state index in [0.29, 0.717) is 12.3 Å². The molecule has 1 aliphatic heterocycles. The van der Waals surface area contributed by atoms with Gasteiger partial charge in [0.1, 0.15) is 11.6 Å². The molecule has 5 nitrogen and oxygen atoms in total. The number of amides is 2. The van der Waals surface area contributed by atoms with Crippen molar-refractivity contribution < 1.29 is 14.3 Å². The second kappa shape index (κ2) is 8.37. The van der Waals surface area contributed by atoms with Gasteiger partial charge >= 0.3 is 6.09 Å². The fourth-order valence-corrected chi connectivity index (χ4v) is 3.11. The maximum absolute atomic E-state index is 13.0. The van der Waals surface area contributed by atoms with Crippen LogP contribution in [-0.4, -0.2) is 41.6 Å². The van der Waals surface area contributed by atoms with Crippen LogP contribution in [0.2, 0.25) is 0 Å². The summed E-state index contributed by atoms with van der Waals surface area (Å²) in [7, 11) is 0. The smallest absolute Gasteiger partial charge is 0.408 e. The molecule has 25 heavy (non-hydrogen) atoms. The van der Waals surface area contributed by atoms with Crippen LogP contribution in [0.1, 0.15) is 46.1 Å². The predicted octanol–water partition coefficient (Wildman–Crippen LogP) is 3.38. The van der Waals surface area contributed by atoms with Crippen LogP contribution >= 0.6 is 0 Å². The molecule has 0 aliphatic carbocycles. The number of benzene rings is 1. The third kappa shape index (κ3) is 6.40. The normalized spacial score (nSPS) is 19.2. The second-order valence-electron chi connectivity index (χ2n) is 7.92. The maximum Gasteiger partial charge on any atom is 0.408 e. The molecule has 2 atom stereocenters. The van der Waals surface area contributed by atoms with Crippen LogP contribution in [0, 0.1) is 5.92 Å². The number of ether oxygens (including phenoxy) is 1. The Balaban J connectivity index is 2.10. The summed E-state index contributed by atoms with van der Waals surface area (Å²) < 4.78 is 5.34. The molecular formula is C20H30N2O3. The number of nitrogens with zero attached hydrogens (tertiary/aromatic N) is 1. The van der Waals surface area contributed by atoms with Gasteiger partial charge in [-0.05, 0) is 45.1 Å². The summed E-state index contributed by atoms with van der Waals surface area (Å²) in [5, 5.41) is 2.78. The summed E-state index contributed by atoms with van der Waals surface area (Å²) in [4.78, 5) is 27.1. The van der Waals surface area contributed by atoms with E-state index in [4.69, 9.17) is 4.74 Å². The Morgan fingerprint density at radius 3 is 2.56 bits per heavy atom. The van der Waals surface area contributed by atoms with Crippen molar-refractivity contribution in [2.24, 2.45) is 5.92 Å². The lowest BCUT2D eigenvalue weighted by Gasteiger charge is -2.34. The molecule has 1 heterocycles. The average molecular weight is 346 g/mol. The Morgan fingerprint density at radius 2 is 1.96 bits per heavy atom. The molecule has 1 fully saturated rings. The molecule has 138 valence electrons. The van der Waals surface area contributed by atoms with E-state index < -0.39 is 17.7 Å². The molecule has 0 saturated carbocycles. The number of hydrogen-bond acceptors (Lipinski definition) is 3. The SMILES string of the molecule is CC1CCCN(C(=O)[C@H](Cc2ccccc2)NC(=O)OC(C)(C)C)C1. The Bertz CT molecular complexity index is 580. The van der Waals surface area contributed by atoms with Crippen LogP contribution in [0.15, 0.2) is 30.3 Å². The summed E-state index contributed by atoms with van der Waals surface area (Å²) >= 11 is 0. The van der Waals surface area contributed by atoms with Crippen molar-refractivity contribution in [1.29, 1.82) is 0 Å². The van der Waals surface area contributed by atoms with Gasteiger partial charge in [0.2, 0.25) is 5.91 Å². The fraction of sp³-hybridized carbons (Fsp3) is 0.600. The molecule has 1 saturated heterocycles. The Morgan fingerprint density at radius 1 is 1.28 bits per heavy atom. The second-order valence-corrected chi connectivity index (χ2v) is 7.92. The van der Waals surface area contributed by atoms with Gasteiger partial charge in [-0.15, -0.1) is 0 Å². The van der Waals surface area contributed by atoms with Gasteiger partial charge in [-0.2, -0.15) is 0 Å². The minimum absolute atomic E-state index is 0.0266. The van der Waals surface area contributed by atoms with Crippen molar-refractivity contribution in [3.63, 3.8) is 0 Å². The molecule has 5 heteroatoms. The van der Waals surface area contributed by atoms with Gasteiger partial charge in [0, 0.05) is 19.5 Å². The zero-order chi connectivity index (χ0) is 18.4. The lowest BCUT2D eigenvalue weighted by molar-refractivity contribution is -0.135. The molecule has 1 aromatic carbocycles. The minimum atomic E-state index is -0.609. The van der Waals surface area contributed by atoms with E-state index in [2.05, 4.69) is 12.2 Å². The lowest BCUT2D eigenvalue weighted by atomic mass is 9.98. The van der Waals surface area contributed by atoms with Crippen LogP contribution in [0.3, 0.4) is 0 Å². The minimum Gasteiger partial charge on any atom is -0.444 e. The first-order chi connectivity index (χ1) is 11.7. The van der Waals surface area contributed by atoms with Gasteiger partial charge in [-0.1, -0.05) is 37.3 Å². The summed E-state index contributed by atoms with van der Waals surface area (Å²) in [6, 6.07) is 9.14. The zero-order valence-electron chi connectivity index (χ0n) is 15.7. The Hall–Kier alpha value is -2.04. The van der Waals surface area contributed by atoms with Gasteiger partial charge in [0.05, 0.1) is 0 Å². The summed E-state index contributed by atoms with van der Waals surface area (Å²) in [5.74, 6) is 0.470. The summed E-state index contributed by atoms with van der Waals surface area (Å²) in [5.41, 5.74) is 0.423. The van der Waals surface area contributed by atoms with Gasteiger partial charge in [0.25, 0.3) is 0 Å². The van der Waals surface area contributed by atoms with E-state index >= 15 is 0 Å². The molecular weight excluding hydrogens is 316 g/mol. The van der Waals surface area contributed by atoms with Gasteiger partial charge in [-0.25, -0.2) is 4.79 Å². The number of carbonyl (C=O) groups excluding carboxylic acids is 2. The molecule has 2 rings (SSSR count). The van der Waals surface area contributed by atoms with Crippen LogP contribution < -0.4 is 5.32 Å². The van der Waals surface area contributed by atoms with Crippen molar-refractivity contribution >= 4 is 12.0 Å². The monoisotopic (exact) mass is 346 g/mol. The molecule has 1 N–H and O–H groups in total. The van der Waals surface area contributed by atoms with Crippen LogP contribution in [0.5, 0.6) is 0 Å². The highest BCUT2D eigenvalue weighted by atomic mass is 16.6. The molecule has 0 aromatic heterocycles. The Labute approximate surface area is 150 Å². The quantitative estimate of drug-likeness (QED) is 0.909. The topological polar surface area (TPSA) is 58.6 Å². The number of hydrogen-bond donors (Lipinski definition) is 1. The van der Waals surface area contributed by atoms with Crippen molar-refractivity contribution in [1.82, 2.24) is 10.2 Å². The van der Waals surface area contributed by atoms with Crippen molar-refractivity contribution in [3.05, 3.63) is 35.9 Å². The zero-order valence-corrected chi connectivity index (χ0v) is 15.7. The highest BCUT2D eigenvalue weighted by Crippen LogP contribution is 2.17. The third-order valence-corrected chi connectivity index (χ3v) is 4.24. The van der Waals surface area contributed by atoms with Crippen molar-refractivity contribution in [2.75, 3.05) is 13.1 Å². The number of likely N-dealkylation sites (tertiary alicyclic amines) is 1. The average Bonchev–Trinajstić information content (AvgIpc) is 2.53. The first-order valence-electron chi connectivity index (χ1n) is 9.07. The molecule has 0 radical (unpaired) electrons. The van der Waals surface area contributed by atoms with Crippen molar-refractivity contribution in [2.45, 2.75) is 58.6 Å². The molecule has 1 unspecified atom stereocenters. The number of nitrogens with one attached hydrogen (secondary N) is 1. The first-order valence-corrected chi connectivity index (χ1v) is 9.07. The lowest BCUT2D eigenvalue weighted by Crippen LogP contribution is -2.52. The summed E-state index contributed by atoms with van der Waals surface area (Å²) in [6.45, 7) is 9.10. The number of carbonyl (C=O) groups is 2. The molecule has 2 amide bonds. The predicted molar refractivity (Wildman–Crippen MR) is 98.3 cm³/mol. The van der Waals surface area contributed by atoms with Crippen LogP contribution in [0.25, 0.3) is 0 Å². The standard InChI is InChI=1S/C20H30N2O3/c1-15-9-8-12-22(14-15)18(23)17(13-16-10-6-5-7-11-16)21-19(24)25-20(2,3)4/h5-7,10-11,15,17H,8-9,12-14H2,1-4H3,(H,21,24)/t15?,17-/m0/s1. The van der Waals surface area contributed by atoms with E-state index in [1.807, 2.05) is 56.0 Å². The van der Waals surface area contributed by atoms with Crippen LogP contribution in [-0.2, 0) is 16.0 Å². The molecule has 1 aromatic rings. The largest absolute Gasteiger partial charge is 0.444 e. The van der Waals surface area contributed by atoms with E-state index in [9.17, 15) is 9.59 Å². The highest BCUT2D eigenvalue weighted by molar-refractivity contribution is 5.86. The fourth-order valence-electron chi connectivity index (χ4n) is 3.11. The molecule has 0 spiro atoms. The van der Waals surface area contributed by atoms with E-state index in [-0.39, 0.29) is 5.91 Å². The Kier molecular flexibility index (Phi) is 6.45. The number of piperidine rings is 1. The highest BCUT2D eigenvalue weighted by Gasteiger charge is 2.30.